The monoisotopic (exact) mass is 294 g/mol. The predicted octanol–water partition coefficient (Wildman–Crippen LogP) is 5.97. The van der Waals surface area contributed by atoms with E-state index in [0.29, 0.717) is 0 Å². The lowest BCUT2D eigenvalue weighted by atomic mass is 10.2. The Morgan fingerprint density at radius 2 is 1.74 bits per heavy atom. The average Bonchev–Trinajstić information content (AvgIpc) is 2.30. The summed E-state index contributed by atoms with van der Waals surface area (Å²) in [5.74, 6) is 0. The molecule has 1 nitrogen and oxygen atoms in total. The van der Waals surface area contributed by atoms with Gasteiger partial charge in [-0.15, -0.1) is 0 Å². The van der Waals surface area contributed by atoms with E-state index in [0.717, 1.165) is 11.5 Å². The first-order valence-electron chi connectivity index (χ1n) is 6.95. The molecule has 0 saturated carbocycles. The van der Waals surface area contributed by atoms with Gasteiger partial charge >= 0.3 is 0 Å². The molecule has 19 heavy (non-hydrogen) atoms. The molecule has 106 valence electrons. The van der Waals surface area contributed by atoms with E-state index in [1.54, 1.807) is 11.8 Å². The van der Waals surface area contributed by atoms with Crippen LogP contribution in [0, 0.1) is 6.92 Å². The molecule has 0 aliphatic rings. The zero-order valence-electron chi connectivity index (χ0n) is 13.0. The summed E-state index contributed by atoms with van der Waals surface area (Å²) in [5, 5.41) is 1.12. The summed E-state index contributed by atoms with van der Waals surface area (Å²) in [6, 6.07) is 8.66. The maximum Gasteiger partial charge on any atom is 0.242 e. The molecule has 1 aromatic carbocycles. The van der Waals surface area contributed by atoms with E-state index in [4.69, 9.17) is 4.43 Å². The van der Waals surface area contributed by atoms with Crippen LogP contribution in [-0.2, 0) is 4.43 Å². The van der Waals surface area contributed by atoms with Gasteiger partial charge in [-0.2, -0.15) is 0 Å². The van der Waals surface area contributed by atoms with Crippen molar-refractivity contribution in [3.63, 3.8) is 0 Å². The van der Waals surface area contributed by atoms with Gasteiger partial charge in [0.1, 0.15) is 5.09 Å². The molecule has 0 unspecified atom stereocenters. The second-order valence-corrected chi connectivity index (χ2v) is 11.4. The van der Waals surface area contributed by atoms with Crippen molar-refractivity contribution >= 4 is 20.1 Å². The minimum absolute atomic E-state index is 1.11. The number of hydrogen-bond acceptors (Lipinski definition) is 2. The molecule has 3 heteroatoms. The number of hydrogen-bond donors (Lipinski definition) is 0. The highest BCUT2D eigenvalue weighted by molar-refractivity contribution is 8.03. The predicted molar refractivity (Wildman–Crippen MR) is 89.1 cm³/mol. The normalized spacial score (nSPS) is 13.2. The van der Waals surface area contributed by atoms with Crippen LogP contribution < -0.4 is 0 Å². The highest BCUT2D eigenvalue weighted by Gasteiger charge is 2.19. The molecule has 0 bridgehead atoms. The largest absolute Gasteiger partial charge is 0.540 e. The van der Waals surface area contributed by atoms with Crippen LogP contribution in [0.2, 0.25) is 19.6 Å². The fourth-order valence-corrected chi connectivity index (χ4v) is 4.07. The maximum atomic E-state index is 6.27. The van der Waals surface area contributed by atoms with Crippen molar-refractivity contribution in [2.45, 2.75) is 58.1 Å². The molecule has 0 fully saturated rings. The molecule has 0 aliphatic heterocycles. The molecule has 0 amide bonds. The van der Waals surface area contributed by atoms with Gasteiger partial charge in [0.05, 0.1) is 0 Å². The van der Waals surface area contributed by atoms with Crippen LogP contribution in [0.25, 0.3) is 0 Å². The number of thioether (sulfide) groups is 1. The zero-order chi connectivity index (χ0) is 14.5. The summed E-state index contributed by atoms with van der Waals surface area (Å²) < 4.78 is 6.27. The van der Waals surface area contributed by atoms with Gasteiger partial charge in [-0.25, -0.2) is 0 Å². The minimum Gasteiger partial charge on any atom is -0.540 e. The summed E-state index contributed by atoms with van der Waals surface area (Å²) in [6.07, 6.45) is 2.28. The van der Waals surface area contributed by atoms with Crippen LogP contribution >= 0.6 is 11.8 Å². The molecule has 1 aromatic rings. The Morgan fingerprint density at radius 1 is 1.16 bits per heavy atom. The van der Waals surface area contributed by atoms with Gasteiger partial charge in [0, 0.05) is 4.90 Å². The number of rotatable bonds is 6. The van der Waals surface area contributed by atoms with Gasteiger partial charge < -0.3 is 4.43 Å². The lowest BCUT2D eigenvalue weighted by Gasteiger charge is -2.23. The lowest BCUT2D eigenvalue weighted by molar-refractivity contribution is 0.454. The SMILES string of the molecule is CCC/C(C)=C(\O[Si](C)(C)C)Sc1ccc(C)cc1. The van der Waals surface area contributed by atoms with Crippen molar-refractivity contribution in [3.8, 4) is 0 Å². The third-order valence-electron chi connectivity index (χ3n) is 2.60. The molecular weight excluding hydrogens is 268 g/mol. The van der Waals surface area contributed by atoms with E-state index >= 15 is 0 Å². The van der Waals surface area contributed by atoms with E-state index in [9.17, 15) is 0 Å². The van der Waals surface area contributed by atoms with Crippen molar-refractivity contribution in [1.82, 2.24) is 0 Å². The molecule has 0 radical (unpaired) electrons. The van der Waals surface area contributed by atoms with Crippen LogP contribution in [0.5, 0.6) is 0 Å². The molecule has 0 heterocycles. The van der Waals surface area contributed by atoms with Crippen LogP contribution in [0.1, 0.15) is 32.3 Å². The topological polar surface area (TPSA) is 9.23 Å². The van der Waals surface area contributed by atoms with E-state index in [1.807, 2.05) is 0 Å². The molecule has 1 rings (SSSR count). The van der Waals surface area contributed by atoms with E-state index in [2.05, 4.69) is 64.7 Å². The fraction of sp³-hybridized carbons (Fsp3) is 0.500. The van der Waals surface area contributed by atoms with Gasteiger partial charge in [0.25, 0.3) is 0 Å². The second kappa shape index (κ2) is 7.20. The fourth-order valence-electron chi connectivity index (χ4n) is 1.66. The van der Waals surface area contributed by atoms with Crippen LogP contribution in [0.3, 0.4) is 0 Å². The summed E-state index contributed by atoms with van der Waals surface area (Å²) in [7, 11) is -1.56. The number of aryl methyl sites for hydroxylation is 1. The van der Waals surface area contributed by atoms with Gasteiger partial charge in [-0.05, 0) is 57.6 Å². The third kappa shape index (κ3) is 6.35. The van der Waals surface area contributed by atoms with Crippen LogP contribution in [0.15, 0.2) is 39.8 Å². The Balaban J connectivity index is 2.91. The molecule has 0 atom stereocenters. The van der Waals surface area contributed by atoms with E-state index < -0.39 is 8.32 Å². The Morgan fingerprint density at radius 3 is 2.21 bits per heavy atom. The zero-order valence-corrected chi connectivity index (χ0v) is 14.9. The standard InChI is InChI=1S/C16H26OSSi/c1-7-8-14(3)16(17-19(4,5)6)18-15-11-9-13(2)10-12-15/h9-12H,7-8H2,1-6H3/b16-14+. The second-order valence-electron chi connectivity index (χ2n) is 5.95. The van der Waals surface area contributed by atoms with Crippen molar-refractivity contribution in [3.05, 3.63) is 40.5 Å². The highest BCUT2D eigenvalue weighted by Crippen LogP contribution is 2.33. The summed E-state index contributed by atoms with van der Waals surface area (Å²) in [5.41, 5.74) is 2.67. The first-order chi connectivity index (χ1) is 8.81. The van der Waals surface area contributed by atoms with Crippen molar-refractivity contribution < 1.29 is 4.43 Å². The lowest BCUT2D eigenvalue weighted by Crippen LogP contribution is -2.24. The highest BCUT2D eigenvalue weighted by atomic mass is 32.2. The molecule has 0 N–H and O–H groups in total. The Hall–Kier alpha value is -0.673. The van der Waals surface area contributed by atoms with E-state index in [1.165, 1.54) is 22.5 Å². The Kier molecular flexibility index (Phi) is 6.21. The number of benzene rings is 1. The summed E-state index contributed by atoms with van der Waals surface area (Å²) >= 11 is 1.76. The molecule has 0 aliphatic carbocycles. The van der Waals surface area contributed by atoms with Crippen molar-refractivity contribution in [2.75, 3.05) is 0 Å². The van der Waals surface area contributed by atoms with Gasteiger partial charge in [0.2, 0.25) is 8.32 Å². The molecule has 0 aromatic heterocycles. The van der Waals surface area contributed by atoms with Crippen LogP contribution in [0.4, 0.5) is 0 Å². The minimum atomic E-state index is -1.56. The van der Waals surface area contributed by atoms with Gasteiger partial charge in [-0.3, -0.25) is 0 Å². The smallest absolute Gasteiger partial charge is 0.242 e. The first-order valence-corrected chi connectivity index (χ1v) is 11.2. The van der Waals surface area contributed by atoms with Crippen molar-refractivity contribution in [2.24, 2.45) is 0 Å². The Labute approximate surface area is 123 Å². The molecular formula is C16H26OSSi. The first kappa shape index (κ1) is 16.4. The van der Waals surface area contributed by atoms with Crippen molar-refractivity contribution in [1.29, 1.82) is 0 Å². The molecule has 0 saturated heterocycles. The number of allylic oxidation sites excluding steroid dienone is 1. The average molecular weight is 295 g/mol. The van der Waals surface area contributed by atoms with Gasteiger partial charge in [0.15, 0.2) is 0 Å². The summed E-state index contributed by atoms with van der Waals surface area (Å²) in [4.78, 5) is 1.26. The Bertz CT molecular complexity index is 429. The van der Waals surface area contributed by atoms with Gasteiger partial charge in [-0.1, -0.05) is 42.8 Å². The van der Waals surface area contributed by atoms with Crippen LogP contribution in [-0.4, -0.2) is 8.32 Å². The third-order valence-corrected chi connectivity index (χ3v) is 4.69. The maximum absolute atomic E-state index is 6.27. The quantitative estimate of drug-likeness (QED) is 0.363. The summed E-state index contributed by atoms with van der Waals surface area (Å²) in [6.45, 7) is 13.2. The molecule has 0 spiro atoms. The van der Waals surface area contributed by atoms with E-state index in [-0.39, 0.29) is 0 Å².